The van der Waals surface area contributed by atoms with Crippen LogP contribution in [0.1, 0.15) is 22.8 Å². The molecular formula is C15H14N4O2. The van der Waals surface area contributed by atoms with E-state index >= 15 is 0 Å². The molecule has 1 aromatic heterocycles. The fourth-order valence-electron chi connectivity index (χ4n) is 1.92. The summed E-state index contributed by atoms with van der Waals surface area (Å²) in [7, 11) is 0. The van der Waals surface area contributed by atoms with Crippen LogP contribution < -0.4 is 0 Å². The molecule has 0 atom stereocenters. The van der Waals surface area contributed by atoms with Gasteiger partial charge in [-0.3, -0.25) is 4.98 Å². The van der Waals surface area contributed by atoms with E-state index in [4.69, 9.17) is 10.3 Å². The van der Waals surface area contributed by atoms with Gasteiger partial charge in [0.1, 0.15) is 0 Å². The Hall–Kier alpha value is -2.85. The molecule has 0 aliphatic rings. The van der Waals surface area contributed by atoms with Crippen molar-refractivity contribution in [2.45, 2.75) is 13.5 Å². The van der Waals surface area contributed by atoms with Gasteiger partial charge in [0, 0.05) is 17.3 Å². The SMILES string of the molecule is CCOC(=O)c1cnccc1-c1ccc(CN=[N+]=[N-])cc1. The predicted molar refractivity (Wildman–Crippen MR) is 78.5 cm³/mol. The molecule has 0 spiro atoms. The molecule has 2 aromatic rings. The van der Waals surface area contributed by atoms with E-state index in [0.717, 1.165) is 16.7 Å². The van der Waals surface area contributed by atoms with Crippen molar-refractivity contribution in [3.63, 3.8) is 0 Å². The van der Waals surface area contributed by atoms with E-state index in [1.165, 1.54) is 6.20 Å². The molecule has 6 heteroatoms. The van der Waals surface area contributed by atoms with Crippen LogP contribution in [0.3, 0.4) is 0 Å². The summed E-state index contributed by atoms with van der Waals surface area (Å²) in [6.45, 7) is 2.38. The highest BCUT2D eigenvalue weighted by Crippen LogP contribution is 2.24. The molecule has 0 radical (unpaired) electrons. The third kappa shape index (κ3) is 3.58. The van der Waals surface area contributed by atoms with Gasteiger partial charge >= 0.3 is 5.97 Å². The zero-order valence-electron chi connectivity index (χ0n) is 11.6. The number of pyridine rings is 1. The van der Waals surface area contributed by atoms with Gasteiger partial charge in [-0.05, 0) is 35.2 Å². The first-order valence-electron chi connectivity index (χ1n) is 6.47. The number of carbonyl (C=O) groups excluding carboxylic acids is 1. The van der Waals surface area contributed by atoms with Crippen molar-refractivity contribution in [1.82, 2.24) is 4.98 Å². The number of nitrogens with zero attached hydrogens (tertiary/aromatic N) is 4. The van der Waals surface area contributed by atoms with Crippen molar-refractivity contribution < 1.29 is 9.53 Å². The van der Waals surface area contributed by atoms with Crippen molar-refractivity contribution in [3.05, 3.63) is 64.3 Å². The summed E-state index contributed by atoms with van der Waals surface area (Å²) < 4.78 is 5.03. The summed E-state index contributed by atoms with van der Waals surface area (Å²) in [5, 5.41) is 3.51. The summed E-state index contributed by atoms with van der Waals surface area (Å²) in [4.78, 5) is 18.6. The van der Waals surface area contributed by atoms with Gasteiger partial charge in [-0.25, -0.2) is 4.79 Å². The summed E-state index contributed by atoms with van der Waals surface area (Å²) in [6, 6.07) is 9.24. The van der Waals surface area contributed by atoms with Gasteiger partial charge in [0.05, 0.1) is 18.7 Å². The Morgan fingerprint density at radius 3 is 2.76 bits per heavy atom. The minimum absolute atomic E-state index is 0.303. The molecule has 1 heterocycles. The van der Waals surface area contributed by atoms with Gasteiger partial charge in [0.2, 0.25) is 0 Å². The minimum atomic E-state index is -0.390. The van der Waals surface area contributed by atoms with Crippen molar-refractivity contribution in [3.8, 4) is 11.1 Å². The number of carbonyl (C=O) groups is 1. The molecule has 0 unspecified atom stereocenters. The standard InChI is InChI=1S/C15H14N4O2/c1-2-21-15(20)14-10-17-8-7-13(14)12-5-3-11(4-6-12)9-18-19-16/h3-8,10H,2,9H2,1H3. The molecule has 0 amide bonds. The summed E-state index contributed by atoms with van der Waals surface area (Å²) in [5.41, 5.74) is 11.3. The molecule has 0 fully saturated rings. The van der Waals surface area contributed by atoms with Crippen LogP contribution in [0.5, 0.6) is 0 Å². The van der Waals surface area contributed by atoms with Crippen LogP contribution in [0, 0.1) is 0 Å². The highest BCUT2D eigenvalue weighted by atomic mass is 16.5. The monoisotopic (exact) mass is 282 g/mol. The number of aromatic nitrogens is 1. The van der Waals surface area contributed by atoms with Crippen molar-refractivity contribution in [1.29, 1.82) is 0 Å². The lowest BCUT2D eigenvalue weighted by Gasteiger charge is -2.08. The molecule has 106 valence electrons. The van der Waals surface area contributed by atoms with Crippen LogP contribution in [0.2, 0.25) is 0 Å². The third-order valence-corrected chi connectivity index (χ3v) is 2.90. The number of azide groups is 1. The lowest BCUT2D eigenvalue weighted by molar-refractivity contribution is 0.0527. The minimum Gasteiger partial charge on any atom is -0.462 e. The van der Waals surface area contributed by atoms with E-state index in [1.807, 2.05) is 24.3 Å². The second-order valence-corrected chi connectivity index (χ2v) is 4.23. The lowest BCUT2D eigenvalue weighted by atomic mass is 10.0. The molecule has 6 nitrogen and oxygen atoms in total. The van der Waals surface area contributed by atoms with Crippen LogP contribution in [-0.2, 0) is 11.3 Å². The van der Waals surface area contributed by atoms with Gasteiger partial charge in [0.25, 0.3) is 0 Å². The van der Waals surface area contributed by atoms with E-state index in [2.05, 4.69) is 15.0 Å². The van der Waals surface area contributed by atoms with E-state index in [1.54, 1.807) is 19.2 Å². The number of rotatable bonds is 5. The maximum Gasteiger partial charge on any atom is 0.340 e. The Kier molecular flexibility index (Phi) is 4.90. The first kappa shape index (κ1) is 14.6. The van der Waals surface area contributed by atoms with Crippen LogP contribution in [-0.4, -0.2) is 17.6 Å². The van der Waals surface area contributed by atoms with E-state index in [0.29, 0.717) is 18.7 Å². The Labute approximate surface area is 122 Å². The zero-order valence-corrected chi connectivity index (χ0v) is 11.6. The topological polar surface area (TPSA) is 88.0 Å². The fourth-order valence-corrected chi connectivity index (χ4v) is 1.92. The summed E-state index contributed by atoms with van der Waals surface area (Å²) in [5.74, 6) is -0.390. The number of ether oxygens (including phenoxy) is 1. The first-order chi connectivity index (χ1) is 10.3. The lowest BCUT2D eigenvalue weighted by Crippen LogP contribution is -2.06. The van der Waals surface area contributed by atoms with Gasteiger partial charge in [-0.2, -0.15) is 0 Å². The maximum absolute atomic E-state index is 11.9. The second-order valence-electron chi connectivity index (χ2n) is 4.23. The number of hydrogen-bond acceptors (Lipinski definition) is 4. The van der Waals surface area contributed by atoms with Crippen molar-refractivity contribution in [2.75, 3.05) is 6.61 Å². The quantitative estimate of drug-likeness (QED) is 0.362. The molecule has 0 saturated carbocycles. The van der Waals surface area contributed by atoms with E-state index < -0.39 is 5.97 Å². The molecule has 0 aliphatic heterocycles. The molecule has 0 aliphatic carbocycles. The van der Waals surface area contributed by atoms with Gasteiger partial charge in [-0.15, -0.1) is 0 Å². The van der Waals surface area contributed by atoms with Crippen LogP contribution >= 0.6 is 0 Å². The van der Waals surface area contributed by atoms with Crippen LogP contribution in [0.4, 0.5) is 0 Å². The molecule has 0 N–H and O–H groups in total. The van der Waals surface area contributed by atoms with Gasteiger partial charge < -0.3 is 4.74 Å². The Morgan fingerprint density at radius 2 is 2.10 bits per heavy atom. The normalized spacial score (nSPS) is 9.76. The smallest absolute Gasteiger partial charge is 0.340 e. The number of benzene rings is 1. The summed E-state index contributed by atoms with van der Waals surface area (Å²) >= 11 is 0. The Bertz CT molecular complexity index is 676. The molecule has 2 rings (SSSR count). The van der Waals surface area contributed by atoms with Crippen molar-refractivity contribution in [2.24, 2.45) is 5.11 Å². The second kappa shape index (κ2) is 7.07. The molecule has 1 aromatic carbocycles. The first-order valence-corrected chi connectivity index (χ1v) is 6.47. The average molecular weight is 282 g/mol. The molecule has 0 saturated heterocycles. The largest absolute Gasteiger partial charge is 0.462 e. The Balaban J connectivity index is 2.33. The third-order valence-electron chi connectivity index (χ3n) is 2.90. The van der Waals surface area contributed by atoms with E-state index in [-0.39, 0.29) is 0 Å². The molecule has 21 heavy (non-hydrogen) atoms. The highest BCUT2D eigenvalue weighted by molar-refractivity contribution is 5.96. The van der Waals surface area contributed by atoms with Crippen LogP contribution in [0.15, 0.2) is 47.8 Å². The predicted octanol–water partition coefficient (Wildman–Crippen LogP) is 3.74. The highest BCUT2D eigenvalue weighted by Gasteiger charge is 2.13. The summed E-state index contributed by atoms with van der Waals surface area (Å²) in [6.07, 6.45) is 3.13. The van der Waals surface area contributed by atoms with Crippen molar-refractivity contribution >= 4 is 5.97 Å². The Morgan fingerprint density at radius 1 is 1.33 bits per heavy atom. The molecule has 0 bridgehead atoms. The maximum atomic E-state index is 11.9. The average Bonchev–Trinajstić information content (AvgIpc) is 2.53. The number of hydrogen-bond donors (Lipinski definition) is 0. The van der Waals surface area contributed by atoms with Gasteiger partial charge in [0.15, 0.2) is 0 Å². The zero-order chi connectivity index (χ0) is 15.1. The van der Waals surface area contributed by atoms with Gasteiger partial charge in [-0.1, -0.05) is 29.4 Å². The number of esters is 1. The fraction of sp³-hybridized carbons (Fsp3) is 0.200. The van der Waals surface area contributed by atoms with Crippen LogP contribution in [0.25, 0.3) is 21.6 Å². The molecular weight excluding hydrogens is 268 g/mol. The van der Waals surface area contributed by atoms with E-state index in [9.17, 15) is 4.79 Å².